The normalized spacial score (nSPS) is 24.0. The Labute approximate surface area is 106 Å². The van der Waals surface area contributed by atoms with Crippen LogP contribution in [0.25, 0.3) is 0 Å². The van der Waals surface area contributed by atoms with Gasteiger partial charge in [-0.05, 0) is 6.92 Å². The molecular weight excluding hydrogens is 242 g/mol. The maximum Gasteiger partial charge on any atom is 0.334 e. The number of aliphatic carboxylic acids is 1. The fourth-order valence-corrected chi connectivity index (χ4v) is 1.68. The molecule has 7 nitrogen and oxygen atoms in total. The first kappa shape index (κ1) is 14.9. The number of carboxylic acid groups (broad SMARTS) is 1. The average molecular weight is 261 g/mol. The zero-order chi connectivity index (χ0) is 13.5. The van der Waals surface area contributed by atoms with Crippen LogP contribution in [0.1, 0.15) is 6.92 Å². The summed E-state index contributed by atoms with van der Waals surface area (Å²) >= 11 is 0. The van der Waals surface area contributed by atoms with Gasteiger partial charge in [-0.1, -0.05) is 0 Å². The molecule has 0 aromatic rings. The standard InChI is InChI=1S/C11H19NO6/c1-8-5-12(6-9(18-8)11(14)15)10(13)7-17-4-3-16-2/h8-9H,3-7H2,1-2H3,(H,14,15)/t8-,9?/m1/s1. The molecule has 0 spiro atoms. The van der Waals surface area contributed by atoms with E-state index < -0.39 is 12.1 Å². The molecule has 2 atom stereocenters. The van der Waals surface area contributed by atoms with Gasteiger partial charge in [0, 0.05) is 13.7 Å². The monoisotopic (exact) mass is 261 g/mol. The Hall–Kier alpha value is -1.18. The summed E-state index contributed by atoms with van der Waals surface area (Å²) in [6, 6.07) is 0. The molecule has 1 heterocycles. The highest BCUT2D eigenvalue weighted by atomic mass is 16.5. The number of amides is 1. The van der Waals surface area contributed by atoms with Crippen molar-refractivity contribution in [2.45, 2.75) is 19.1 Å². The van der Waals surface area contributed by atoms with Crippen molar-refractivity contribution in [2.75, 3.05) is 40.0 Å². The van der Waals surface area contributed by atoms with Gasteiger partial charge in [-0.3, -0.25) is 4.79 Å². The third kappa shape index (κ3) is 4.59. The third-order valence-electron chi connectivity index (χ3n) is 2.55. The molecule has 0 bridgehead atoms. The molecule has 0 aromatic heterocycles. The van der Waals surface area contributed by atoms with Crippen LogP contribution in [0.3, 0.4) is 0 Å². The Balaban J connectivity index is 2.39. The lowest BCUT2D eigenvalue weighted by atomic mass is 10.2. The summed E-state index contributed by atoms with van der Waals surface area (Å²) in [5.41, 5.74) is 0. The van der Waals surface area contributed by atoms with Gasteiger partial charge in [-0.15, -0.1) is 0 Å². The van der Waals surface area contributed by atoms with E-state index in [1.165, 1.54) is 4.90 Å². The summed E-state index contributed by atoms with van der Waals surface area (Å²) in [6.45, 7) is 2.88. The summed E-state index contributed by atoms with van der Waals surface area (Å²) < 4.78 is 15.1. The molecule has 0 aliphatic carbocycles. The first-order chi connectivity index (χ1) is 8.54. The first-order valence-corrected chi connectivity index (χ1v) is 5.77. The van der Waals surface area contributed by atoms with Gasteiger partial charge in [0.2, 0.25) is 5.91 Å². The summed E-state index contributed by atoms with van der Waals surface area (Å²) in [5.74, 6) is -1.29. The Bertz CT molecular complexity index is 295. The largest absolute Gasteiger partial charge is 0.479 e. The lowest BCUT2D eigenvalue weighted by Crippen LogP contribution is -2.52. The Kier molecular flexibility index (Phi) is 6.03. The van der Waals surface area contributed by atoms with Crippen molar-refractivity contribution in [3.8, 4) is 0 Å². The first-order valence-electron chi connectivity index (χ1n) is 5.77. The van der Waals surface area contributed by atoms with Gasteiger partial charge in [0.1, 0.15) is 6.61 Å². The fourth-order valence-electron chi connectivity index (χ4n) is 1.68. The number of carbonyl (C=O) groups is 2. The molecular formula is C11H19NO6. The van der Waals surface area contributed by atoms with E-state index in [1.54, 1.807) is 14.0 Å². The van der Waals surface area contributed by atoms with Crippen LogP contribution in [0, 0.1) is 0 Å². The van der Waals surface area contributed by atoms with E-state index in [9.17, 15) is 9.59 Å². The molecule has 0 saturated carbocycles. The minimum Gasteiger partial charge on any atom is -0.479 e. The molecule has 104 valence electrons. The van der Waals surface area contributed by atoms with Crippen molar-refractivity contribution in [3.63, 3.8) is 0 Å². The number of hydrogen-bond donors (Lipinski definition) is 1. The molecule has 1 rings (SSSR count). The van der Waals surface area contributed by atoms with Crippen LogP contribution in [0.4, 0.5) is 0 Å². The van der Waals surface area contributed by atoms with E-state index in [-0.39, 0.29) is 25.2 Å². The van der Waals surface area contributed by atoms with E-state index in [4.69, 9.17) is 19.3 Å². The predicted molar refractivity (Wildman–Crippen MR) is 61.2 cm³/mol. The topological polar surface area (TPSA) is 85.3 Å². The molecule has 1 aliphatic heterocycles. The highest BCUT2D eigenvalue weighted by Gasteiger charge is 2.32. The zero-order valence-electron chi connectivity index (χ0n) is 10.6. The maximum absolute atomic E-state index is 11.8. The zero-order valence-corrected chi connectivity index (χ0v) is 10.6. The van der Waals surface area contributed by atoms with Crippen molar-refractivity contribution >= 4 is 11.9 Å². The van der Waals surface area contributed by atoms with Gasteiger partial charge in [0.25, 0.3) is 0 Å². The number of morpholine rings is 1. The van der Waals surface area contributed by atoms with E-state index in [0.29, 0.717) is 19.8 Å². The molecule has 1 unspecified atom stereocenters. The smallest absolute Gasteiger partial charge is 0.334 e. The minimum atomic E-state index is -1.06. The SMILES string of the molecule is COCCOCC(=O)N1CC(C(=O)O)O[C@H](C)C1. The van der Waals surface area contributed by atoms with Gasteiger partial charge >= 0.3 is 5.97 Å². The molecule has 1 aliphatic rings. The van der Waals surface area contributed by atoms with Crippen molar-refractivity contribution in [1.29, 1.82) is 0 Å². The molecule has 0 aromatic carbocycles. The molecule has 1 amide bonds. The van der Waals surface area contributed by atoms with Crippen LogP contribution in [-0.4, -0.2) is 74.1 Å². The molecule has 0 radical (unpaired) electrons. The van der Waals surface area contributed by atoms with E-state index in [0.717, 1.165) is 0 Å². The summed E-state index contributed by atoms with van der Waals surface area (Å²) in [4.78, 5) is 24.1. The second-order valence-corrected chi connectivity index (χ2v) is 4.12. The van der Waals surface area contributed by atoms with Crippen molar-refractivity contribution in [1.82, 2.24) is 4.90 Å². The average Bonchev–Trinajstić information content (AvgIpc) is 2.33. The predicted octanol–water partition coefficient (Wildman–Crippen LogP) is -0.650. The van der Waals surface area contributed by atoms with Gasteiger partial charge < -0.3 is 24.2 Å². The number of carbonyl (C=O) groups excluding carboxylic acids is 1. The Morgan fingerprint density at radius 3 is 2.72 bits per heavy atom. The second-order valence-electron chi connectivity index (χ2n) is 4.12. The number of ether oxygens (including phenoxy) is 3. The number of hydrogen-bond acceptors (Lipinski definition) is 5. The number of carboxylic acids is 1. The van der Waals surface area contributed by atoms with E-state index >= 15 is 0 Å². The van der Waals surface area contributed by atoms with Gasteiger partial charge in [0.05, 0.1) is 25.9 Å². The number of rotatable bonds is 6. The lowest BCUT2D eigenvalue weighted by Gasteiger charge is -2.34. The number of nitrogens with zero attached hydrogens (tertiary/aromatic N) is 1. The quantitative estimate of drug-likeness (QED) is 0.639. The van der Waals surface area contributed by atoms with Crippen LogP contribution in [-0.2, 0) is 23.8 Å². The molecule has 1 saturated heterocycles. The third-order valence-corrected chi connectivity index (χ3v) is 2.55. The highest BCUT2D eigenvalue weighted by molar-refractivity contribution is 5.79. The Morgan fingerprint density at radius 2 is 2.11 bits per heavy atom. The van der Waals surface area contributed by atoms with Crippen molar-refractivity contribution in [3.05, 3.63) is 0 Å². The van der Waals surface area contributed by atoms with Crippen molar-refractivity contribution in [2.24, 2.45) is 0 Å². The van der Waals surface area contributed by atoms with Crippen LogP contribution < -0.4 is 0 Å². The maximum atomic E-state index is 11.8. The van der Waals surface area contributed by atoms with Gasteiger partial charge in [-0.25, -0.2) is 4.79 Å². The molecule has 1 fully saturated rings. The summed E-state index contributed by atoms with van der Waals surface area (Å²) in [5, 5.41) is 8.89. The summed E-state index contributed by atoms with van der Waals surface area (Å²) in [7, 11) is 1.55. The minimum absolute atomic E-state index is 0.0617. The Morgan fingerprint density at radius 1 is 1.39 bits per heavy atom. The second kappa shape index (κ2) is 7.30. The van der Waals surface area contributed by atoms with Gasteiger partial charge in [0.15, 0.2) is 6.10 Å². The molecule has 18 heavy (non-hydrogen) atoms. The highest BCUT2D eigenvalue weighted by Crippen LogP contribution is 2.11. The summed E-state index contributed by atoms with van der Waals surface area (Å²) in [6.07, 6.45) is -1.25. The fraction of sp³-hybridized carbons (Fsp3) is 0.818. The molecule has 7 heteroatoms. The van der Waals surface area contributed by atoms with Crippen LogP contribution in [0.2, 0.25) is 0 Å². The number of methoxy groups -OCH3 is 1. The lowest BCUT2D eigenvalue weighted by molar-refractivity contribution is -0.168. The van der Waals surface area contributed by atoms with E-state index in [2.05, 4.69) is 0 Å². The van der Waals surface area contributed by atoms with Crippen molar-refractivity contribution < 1.29 is 28.9 Å². The van der Waals surface area contributed by atoms with Crippen LogP contribution in [0.15, 0.2) is 0 Å². The van der Waals surface area contributed by atoms with E-state index in [1.807, 2.05) is 0 Å². The van der Waals surface area contributed by atoms with Crippen LogP contribution in [0.5, 0.6) is 0 Å². The van der Waals surface area contributed by atoms with Crippen LogP contribution >= 0.6 is 0 Å². The molecule has 1 N–H and O–H groups in total. The van der Waals surface area contributed by atoms with Gasteiger partial charge in [-0.2, -0.15) is 0 Å².